The number of hydrogen-bond acceptors (Lipinski definition) is 3. The molecule has 0 fully saturated rings. The van der Waals surface area contributed by atoms with Gasteiger partial charge in [-0.3, -0.25) is 4.90 Å². The van der Waals surface area contributed by atoms with E-state index in [1.165, 1.54) is 33.7 Å². The predicted octanol–water partition coefficient (Wildman–Crippen LogP) is 6.61. The summed E-state index contributed by atoms with van der Waals surface area (Å²) < 4.78 is 5.99. The molecule has 1 aliphatic heterocycles. The molecule has 0 saturated carbocycles. The second-order valence-corrected chi connectivity index (χ2v) is 8.82. The Morgan fingerprint density at radius 3 is 2.71 bits per heavy atom. The maximum absolute atomic E-state index is 5.99. The molecule has 0 amide bonds. The molecule has 0 aliphatic carbocycles. The molecule has 3 nitrogen and oxygen atoms in total. The Morgan fingerprint density at radius 2 is 1.87 bits per heavy atom. The van der Waals surface area contributed by atoms with E-state index in [2.05, 4.69) is 80.3 Å². The largest absolute Gasteiger partial charge is 0.491 e. The van der Waals surface area contributed by atoms with E-state index in [9.17, 15) is 0 Å². The summed E-state index contributed by atoms with van der Waals surface area (Å²) in [5.74, 6) is 0.905. The normalized spacial score (nSPS) is 14.3. The fraction of sp³-hybridized carbons (Fsp3) is 0.321. The van der Waals surface area contributed by atoms with Crippen molar-refractivity contribution in [3.8, 4) is 17.0 Å². The first-order valence-electron chi connectivity index (χ1n) is 11.5. The van der Waals surface area contributed by atoms with E-state index < -0.39 is 0 Å². The van der Waals surface area contributed by atoms with Gasteiger partial charge in [0.05, 0.1) is 17.3 Å². The average molecular weight is 411 g/mol. The van der Waals surface area contributed by atoms with Crippen LogP contribution in [0, 0.1) is 0 Å². The van der Waals surface area contributed by atoms with Crippen molar-refractivity contribution < 1.29 is 4.74 Å². The molecule has 3 heteroatoms. The van der Waals surface area contributed by atoms with E-state index in [-0.39, 0.29) is 6.10 Å². The molecule has 3 aromatic carbocycles. The molecule has 0 N–H and O–H groups in total. The molecule has 1 aliphatic rings. The topological polar surface area (TPSA) is 25.4 Å². The lowest BCUT2D eigenvalue weighted by molar-refractivity contribution is 0.242. The lowest BCUT2D eigenvalue weighted by Crippen LogP contribution is -2.32. The zero-order valence-corrected chi connectivity index (χ0v) is 18.7. The van der Waals surface area contributed by atoms with Crippen LogP contribution in [0.5, 0.6) is 5.75 Å². The molecule has 0 spiro atoms. The first-order chi connectivity index (χ1) is 15.1. The number of ether oxygens (including phenoxy) is 1. The average Bonchev–Trinajstić information content (AvgIpc) is 2.78. The maximum Gasteiger partial charge on any atom is 0.120 e. The molecule has 0 saturated heterocycles. The number of rotatable bonds is 5. The highest BCUT2D eigenvalue weighted by atomic mass is 16.5. The highest BCUT2D eigenvalue weighted by Crippen LogP contribution is 2.38. The van der Waals surface area contributed by atoms with Crippen LogP contribution in [0.25, 0.3) is 32.9 Å². The number of fused-ring (bicyclic) bond motifs is 5. The first kappa shape index (κ1) is 20.0. The highest BCUT2D eigenvalue weighted by Gasteiger charge is 2.24. The van der Waals surface area contributed by atoms with Gasteiger partial charge in [-0.15, -0.1) is 0 Å². The third-order valence-corrected chi connectivity index (χ3v) is 6.17. The van der Waals surface area contributed by atoms with Crippen molar-refractivity contribution in [1.82, 2.24) is 9.88 Å². The smallest absolute Gasteiger partial charge is 0.120 e. The van der Waals surface area contributed by atoms with Gasteiger partial charge in [0.1, 0.15) is 5.75 Å². The first-order valence-corrected chi connectivity index (χ1v) is 11.5. The number of aromatic nitrogens is 1. The van der Waals surface area contributed by atoms with Gasteiger partial charge in [-0.05, 0) is 73.3 Å². The highest BCUT2D eigenvalue weighted by molar-refractivity contribution is 6.09. The Hall–Kier alpha value is -2.91. The molecule has 1 aromatic heterocycles. The molecule has 158 valence electrons. The van der Waals surface area contributed by atoms with E-state index in [1.807, 2.05) is 6.07 Å². The summed E-state index contributed by atoms with van der Waals surface area (Å²) in [7, 11) is 0. The standard InChI is InChI=1S/C28H30N2O/c1-4-15-30-16-14-24-25(18-30)28(21-9-7-10-22(17-21)31-19(2)3)29-26-13-12-20-8-5-6-11-23(20)27(24)26/h5-13,17,19H,4,14-16,18H2,1-3H3. The van der Waals surface area contributed by atoms with Crippen LogP contribution in [0.2, 0.25) is 0 Å². The van der Waals surface area contributed by atoms with Crippen LogP contribution in [-0.2, 0) is 13.0 Å². The fourth-order valence-corrected chi connectivity index (χ4v) is 4.91. The SMILES string of the molecule is CCCN1CCc2c(c(-c3cccc(OC(C)C)c3)nc3ccc4ccccc4c23)C1. The molecule has 5 rings (SSSR count). The monoisotopic (exact) mass is 410 g/mol. The van der Waals surface area contributed by atoms with Crippen molar-refractivity contribution in [2.75, 3.05) is 13.1 Å². The summed E-state index contributed by atoms with van der Waals surface area (Å²) in [5.41, 5.74) is 6.19. The number of benzene rings is 3. The van der Waals surface area contributed by atoms with Crippen LogP contribution in [0.3, 0.4) is 0 Å². The van der Waals surface area contributed by atoms with Crippen molar-refractivity contribution in [2.45, 2.75) is 46.3 Å². The van der Waals surface area contributed by atoms with Crippen molar-refractivity contribution in [3.05, 3.63) is 71.8 Å². The van der Waals surface area contributed by atoms with Gasteiger partial charge in [0.25, 0.3) is 0 Å². The molecule has 0 unspecified atom stereocenters. The second kappa shape index (κ2) is 8.32. The minimum Gasteiger partial charge on any atom is -0.491 e. The van der Waals surface area contributed by atoms with Crippen LogP contribution in [-0.4, -0.2) is 29.1 Å². The summed E-state index contributed by atoms with van der Waals surface area (Å²) in [6.45, 7) is 9.59. The van der Waals surface area contributed by atoms with Gasteiger partial charge in [0.2, 0.25) is 0 Å². The zero-order chi connectivity index (χ0) is 21.4. The summed E-state index contributed by atoms with van der Waals surface area (Å²) in [6.07, 6.45) is 2.39. The molecule has 0 bridgehead atoms. The van der Waals surface area contributed by atoms with Gasteiger partial charge < -0.3 is 4.74 Å². The van der Waals surface area contributed by atoms with Gasteiger partial charge in [0.15, 0.2) is 0 Å². The Labute approximate surface area is 184 Å². The molecule has 2 heterocycles. The molecule has 0 atom stereocenters. The third kappa shape index (κ3) is 3.79. The molecule has 0 radical (unpaired) electrons. The molecule has 4 aromatic rings. The minimum absolute atomic E-state index is 0.153. The fourth-order valence-electron chi connectivity index (χ4n) is 4.91. The van der Waals surface area contributed by atoms with Crippen LogP contribution in [0.1, 0.15) is 38.3 Å². The van der Waals surface area contributed by atoms with Gasteiger partial charge >= 0.3 is 0 Å². The van der Waals surface area contributed by atoms with E-state index >= 15 is 0 Å². The Bertz CT molecular complexity index is 1240. The molecular formula is C28H30N2O. The third-order valence-electron chi connectivity index (χ3n) is 6.17. The Kier molecular flexibility index (Phi) is 5.37. The van der Waals surface area contributed by atoms with Crippen LogP contribution < -0.4 is 4.74 Å². The Morgan fingerprint density at radius 1 is 1.00 bits per heavy atom. The van der Waals surface area contributed by atoms with E-state index in [1.54, 1.807) is 0 Å². The van der Waals surface area contributed by atoms with Gasteiger partial charge in [-0.25, -0.2) is 4.98 Å². The number of nitrogens with zero attached hydrogens (tertiary/aromatic N) is 2. The van der Waals surface area contributed by atoms with Crippen molar-refractivity contribution >= 4 is 21.7 Å². The minimum atomic E-state index is 0.153. The number of pyridine rings is 1. The summed E-state index contributed by atoms with van der Waals surface area (Å²) >= 11 is 0. The summed E-state index contributed by atoms with van der Waals surface area (Å²) in [5, 5.41) is 3.94. The molecule has 31 heavy (non-hydrogen) atoms. The summed E-state index contributed by atoms with van der Waals surface area (Å²) in [6, 6.07) is 21.5. The van der Waals surface area contributed by atoms with Crippen molar-refractivity contribution in [3.63, 3.8) is 0 Å². The summed E-state index contributed by atoms with van der Waals surface area (Å²) in [4.78, 5) is 7.81. The zero-order valence-electron chi connectivity index (χ0n) is 18.7. The van der Waals surface area contributed by atoms with E-state index in [0.717, 1.165) is 48.6 Å². The maximum atomic E-state index is 5.99. The van der Waals surface area contributed by atoms with Crippen LogP contribution >= 0.6 is 0 Å². The lowest BCUT2D eigenvalue weighted by atomic mass is 9.89. The lowest BCUT2D eigenvalue weighted by Gasteiger charge is -2.31. The van der Waals surface area contributed by atoms with Crippen molar-refractivity contribution in [2.24, 2.45) is 0 Å². The second-order valence-electron chi connectivity index (χ2n) is 8.82. The van der Waals surface area contributed by atoms with Crippen LogP contribution in [0.4, 0.5) is 0 Å². The van der Waals surface area contributed by atoms with Crippen LogP contribution in [0.15, 0.2) is 60.7 Å². The van der Waals surface area contributed by atoms with Crippen molar-refractivity contribution in [1.29, 1.82) is 0 Å². The van der Waals surface area contributed by atoms with Gasteiger partial charge in [-0.2, -0.15) is 0 Å². The Balaban J connectivity index is 1.75. The molecular weight excluding hydrogens is 380 g/mol. The van der Waals surface area contributed by atoms with Gasteiger partial charge in [0, 0.05) is 24.0 Å². The predicted molar refractivity (Wildman–Crippen MR) is 130 cm³/mol. The van der Waals surface area contributed by atoms with E-state index in [0.29, 0.717) is 0 Å². The van der Waals surface area contributed by atoms with E-state index in [4.69, 9.17) is 9.72 Å². The quantitative estimate of drug-likeness (QED) is 0.346. The number of hydrogen-bond donors (Lipinski definition) is 0. The van der Waals surface area contributed by atoms with Gasteiger partial charge in [-0.1, -0.05) is 49.4 Å².